The minimum Gasteiger partial charge on any atom is -0.314 e. The van der Waals surface area contributed by atoms with Crippen LogP contribution in [0.5, 0.6) is 0 Å². The number of unbranched alkanes of at least 4 members (excludes halogenated alkanes) is 1. The molecule has 114 valence electrons. The molecule has 20 heavy (non-hydrogen) atoms. The van der Waals surface area contributed by atoms with Gasteiger partial charge in [0.15, 0.2) is 0 Å². The lowest BCUT2D eigenvalue weighted by Gasteiger charge is -2.26. The van der Waals surface area contributed by atoms with Gasteiger partial charge >= 0.3 is 0 Å². The maximum atomic E-state index is 3.55. The van der Waals surface area contributed by atoms with Crippen LogP contribution in [0, 0.1) is 5.41 Å². The molecule has 1 nitrogen and oxygen atoms in total. The van der Waals surface area contributed by atoms with Crippen LogP contribution >= 0.6 is 0 Å². The van der Waals surface area contributed by atoms with E-state index in [-0.39, 0.29) is 0 Å². The van der Waals surface area contributed by atoms with E-state index in [2.05, 4.69) is 64.2 Å². The average Bonchev–Trinajstić information content (AvgIpc) is 2.42. The Kier molecular flexibility index (Phi) is 7.29. The summed E-state index contributed by atoms with van der Waals surface area (Å²) in [6.45, 7) is 12.5. The molecule has 1 aromatic carbocycles. The van der Waals surface area contributed by atoms with Gasteiger partial charge < -0.3 is 5.32 Å². The normalized spacial score (nSPS) is 12.1. The minimum absolute atomic E-state index is 0.366. The molecule has 0 fully saturated rings. The van der Waals surface area contributed by atoms with E-state index >= 15 is 0 Å². The van der Waals surface area contributed by atoms with Crippen molar-refractivity contribution in [2.24, 2.45) is 5.41 Å². The van der Waals surface area contributed by atoms with E-state index in [4.69, 9.17) is 0 Å². The van der Waals surface area contributed by atoms with Crippen molar-refractivity contribution in [2.45, 2.75) is 72.8 Å². The maximum Gasteiger partial charge on any atom is 0.00106 e. The Morgan fingerprint density at radius 3 is 2.05 bits per heavy atom. The van der Waals surface area contributed by atoms with E-state index in [1.54, 1.807) is 0 Å². The zero-order valence-electron chi connectivity index (χ0n) is 14.1. The van der Waals surface area contributed by atoms with Gasteiger partial charge in [-0.2, -0.15) is 0 Å². The summed E-state index contributed by atoms with van der Waals surface area (Å²) in [5, 5.41) is 3.55. The van der Waals surface area contributed by atoms with Gasteiger partial charge in [-0.1, -0.05) is 65.3 Å². The van der Waals surface area contributed by atoms with Crippen LogP contribution in [-0.2, 0) is 12.8 Å². The molecule has 0 unspecified atom stereocenters. The fraction of sp³-hybridized carbons (Fsp3) is 0.684. The molecule has 1 N–H and O–H groups in total. The molecule has 0 radical (unpaired) electrons. The second-order valence-electron chi connectivity index (χ2n) is 7.12. The summed E-state index contributed by atoms with van der Waals surface area (Å²) in [7, 11) is 0. The summed E-state index contributed by atoms with van der Waals surface area (Å²) in [5.41, 5.74) is 3.32. The van der Waals surface area contributed by atoms with Gasteiger partial charge in [0.05, 0.1) is 0 Å². The topological polar surface area (TPSA) is 12.0 Å². The van der Waals surface area contributed by atoms with Gasteiger partial charge in [0, 0.05) is 12.6 Å². The maximum absolute atomic E-state index is 3.55. The Bertz CT molecular complexity index is 362. The Balaban J connectivity index is 2.40. The molecule has 0 aliphatic rings. The summed E-state index contributed by atoms with van der Waals surface area (Å²) in [4.78, 5) is 0. The highest BCUT2D eigenvalue weighted by molar-refractivity contribution is 5.22. The third-order valence-corrected chi connectivity index (χ3v) is 3.92. The first-order valence-electron chi connectivity index (χ1n) is 8.24. The lowest BCUT2D eigenvalue weighted by Crippen LogP contribution is -2.34. The van der Waals surface area contributed by atoms with Crippen molar-refractivity contribution in [3.05, 3.63) is 35.4 Å². The first-order valence-corrected chi connectivity index (χ1v) is 8.24. The second kappa shape index (κ2) is 8.46. The second-order valence-corrected chi connectivity index (χ2v) is 7.12. The number of hydrogen-bond donors (Lipinski definition) is 1. The first-order chi connectivity index (χ1) is 9.43. The Morgan fingerprint density at radius 1 is 1.00 bits per heavy atom. The highest BCUT2D eigenvalue weighted by atomic mass is 14.9. The minimum atomic E-state index is 0.366. The van der Waals surface area contributed by atoms with Gasteiger partial charge in [-0.3, -0.25) is 0 Å². The van der Waals surface area contributed by atoms with Gasteiger partial charge in [-0.25, -0.2) is 0 Å². The Labute approximate surface area is 126 Å². The van der Waals surface area contributed by atoms with Crippen molar-refractivity contribution in [3.8, 4) is 0 Å². The molecule has 0 aromatic heterocycles. The summed E-state index contributed by atoms with van der Waals surface area (Å²) in [6.07, 6.45) is 6.22. The third-order valence-electron chi connectivity index (χ3n) is 3.92. The van der Waals surface area contributed by atoms with E-state index in [1.807, 2.05) is 0 Å². The van der Waals surface area contributed by atoms with E-state index in [0.717, 1.165) is 6.54 Å². The van der Waals surface area contributed by atoms with Crippen LogP contribution in [0.3, 0.4) is 0 Å². The fourth-order valence-electron chi connectivity index (χ4n) is 2.31. The molecule has 0 atom stereocenters. The van der Waals surface area contributed by atoms with E-state index in [0.29, 0.717) is 11.5 Å². The third kappa shape index (κ3) is 7.09. The number of hydrogen-bond acceptors (Lipinski definition) is 1. The first kappa shape index (κ1) is 17.2. The molecule has 0 saturated carbocycles. The van der Waals surface area contributed by atoms with Gasteiger partial charge in [0.1, 0.15) is 0 Å². The molecule has 1 rings (SSSR count). The zero-order chi connectivity index (χ0) is 15.0. The van der Waals surface area contributed by atoms with Crippen LogP contribution in [0.25, 0.3) is 0 Å². The number of nitrogens with one attached hydrogen (secondary N) is 1. The molecule has 1 aromatic rings. The standard InChI is InChI=1S/C19H33N/c1-6-7-8-17-9-11-18(12-10-17)13-14-19(4,5)15-20-16(2)3/h9-12,16,20H,6-8,13-15H2,1-5H3. The van der Waals surface area contributed by atoms with Gasteiger partial charge in [0.25, 0.3) is 0 Å². The van der Waals surface area contributed by atoms with Crippen LogP contribution in [-0.4, -0.2) is 12.6 Å². The molecule has 0 saturated heterocycles. The molecule has 0 spiro atoms. The van der Waals surface area contributed by atoms with Crippen molar-refractivity contribution in [2.75, 3.05) is 6.54 Å². The highest BCUT2D eigenvalue weighted by Crippen LogP contribution is 2.22. The molecule has 0 bridgehead atoms. The monoisotopic (exact) mass is 275 g/mol. The van der Waals surface area contributed by atoms with Gasteiger partial charge in [-0.05, 0) is 42.2 Å². The van der Waals surface area contributed by atoms with Crippen molar-refractivity contribution in [1.82, 2.24) is 5.32 Å². The molecular weight excluding hydrogens is 242 g/mol. The van der Waals surface area contributed by atoms with Gasteiger partial charge in [0.2, 0.25) is 0 Å². The molecule has 0 aliphatic heterocycles. The van der Waals surface area contributed by atoms with Crippen LogP contribution < -0.4 is 5.32 Å². The number of benzene rings is 1. The van der Waals surface area contributed by atoms with Crippen LogP contribution in [0.2, 0.25) is 0 Å². The summed E-state index contributed by atoms with van der Waals surface area (Å²) in [5.74, 6) is 0. The van der Waals surface area contributed by atoms with Crippen molar-refractivity contribution in [3.63, 3.8) is 0 Å². The molecular formula is C19H33N. The largest absolute Gasteiger partial charge is 0.314 e. The van der Waals surface area contributed by atoms with E-state index in [9.17, 15) is 0 Å². The quantitative estimate of drug-likeness (QED) is 0.670. The van der Waals surface area contributed by atoms with Crippen molar-refractivity contribution >= 4 is 0 Å². The molecule has 0 amide bonds. The lowest BCUT2D eigenvalue weighted by molar-refractivity contribution is 0.304. The van der Waals surface area contributed by atoms with Crippen LogP contribution in [0.15, 0.2) is 24.3 Å². The lowest BCUT2D eigenvalue weighted by atomic mass is 9.86. The average molecular weight is 275 g/mol. The Morgan fingerprint density at radius 2 is 1.55 bits per heavy atom. The van der Waals surface area contributed by atoms with Crippen molar-refractivity contribution in [1.29, 1.82) is 0 Å². The molecule has 0 aliphatic carbocycles. The smallest absolute Gasteiger partial charge is 0.00106 e. The summed E-state index contributed by atoms with van der Waals surface area (Å²) >= 11 is 0. The Hall–Kier alpha value is -0.820. The van der Waals surface area contributed by atoms with Crippen LogP contribution in [0.1, 0.15) is 65.0 Å². The SMILES string of the molecule is CCCCc1ccc(CCC(C)(C)CNC(C)C)cc1. The van der Waals surface area contributed by atoms with Crippen molar-refractivity contribution < 1.29 is 0 Å². The highest BCUT2D eigenvalue weighted by Gasteiger charge is 2.17. The number of rotatable bonds is 9. The predicted molar refractivity (Wildman–Crippen MR) is 90.3 cm³/mol. The molecule has 0 heterocycles. The van der Waals surface area contributed by atoms with Gasteiger partial charge in [-0.15, -0.1) is 0 Å². The van der Waals surface area contributed by atoms with E-state index < -0.39 is 0 Å². The zero-order valence-corrected chi connectivity index (χ0v) is 14.1. The predicted octanol–water partition coefficient (Wildman–Crippen LogP) is 4.99. The summed E-state index contributed by atoms with van der Waals surface area (Å²) < 4.78 is 0. The fourth-order valence-corrected chi connectivity index (χ4v) is 2.31. The number of aryl methyl sites for hydroxylation is 2. The molecule has 1 heteroatoms. The summed E-state index contributed by atoms with van der Waals surface area (Å²) in [6, 6.07) is 9.83. The van der Waals surface area contributed by atoms with Crippen LogP contribution in [0.4, 0.5) is 0 Å². The van der Waals surface area contributed by atoms with E-state index in [1.165, 1.54) is 43.2 Å².